The number of thiazole rings is 1. The SMILES string of the molecule is C=CCO/N=C(\C(=O)O)c1csc(N)n1. The largest absolute Gasteiger partial charge is 0.476 e. The maximum atomic E-state index is 10.8. The van der Waals surface area contributed by atoms with Crippen molar-refractivity contribution in [2.45, 2.75) is 0 Å². The highest BCUT2D eigenvalue weighted by Crippen LogP contribution is 2.12. The van der Waals surface area contributed by atoms with Crippen LogP contribution < -0.4 is 5.73 Å². The molecule has 0 radical (unpaired) electrons. The van der Waals surface area contributed by atoms with Crippen molar-refractivity contribution >= 4 is 28.1 Å². The van der Waals surface area contributed by atoms with E-state index in [1.165, 1.54) is 11.5 Å². The molecule has 1 rings (SSSR count). The fraction of sp³-hybridized carbons (Fsp3) is 0.125. The molecule has 80 valence electrons. The van der Waals surface area contributed by atoms with Gasteiger partial charge in [0.2, 0.25) is 5.71 Å². The Morgan fingerprint density at radius 1 is 1.87 bits per heavy atom. The third kappa shape index (κ3) is 3.06. The number of hydrogen-bond acceptors (Lipinski definition) is 6. The van der Waals surface area contributed by atoms with Gasteiger partial charge in [-0.15, -0.1) is 11.3 Å². The van der Waals surface area contributed by atoms with Crippen molar-refractivity contribution in [2.75, 3.05) is 12.3 Å². The minimum Gasteiger partial charge on any atom is -0.476 e. The van der Waals surface area contributed by atoms with E-state index in [1.807, 2.05) is 0 Å². The van der Waals surface area contributed by atoms with Crippen LogP contribution in [0.4, 0.5) is 5.13 Å². The summed E-state index contributed by atoms with van der Waals surface area (Å²) in [5, 5.41) is 14.0. The summed E-state index contributed by atoms with van der Waals surface area (Å²) in [6.07, 6.45) is 1.46. The lowest BCUT2D eigenvalue weighted by molar-refractivity contribution is -0.129. The van der Waals surface area contributed by atoms with Gasteiger partial charge in [-0.1, -0.05) is 17.8 Å². The van der Waals surface area contributed by atoms with Crippen LogP contribution in [-0.4, -0.2) is 28.4 Å². The van der Waals surface area contributed by atoms with Crippen LogP contribution in [0, 0.1) is 0 Å². The van der Waals surface area contributed by atoms with Crippen molar-refractivity contribution in [3.8, 4) is 0 Å². The predicted octanol–water partition coefficient (Wildman–Crippen LogP) is 0.717. The number of carboxylic acid groups (broad SMARTS) is 1. The third-order valence-corrected chi connectivity index (χ3v) is 1.99. The molecule has 0 bridgehead atoms. The van der Waals surface area contributed by atoms with Gasteiger partial charge in [-0.05, 0) is 0 Å². The number of hydrogen-bond donors (Lipinski definition) is 2. The Morgan fingerprint density at radius 3 is 3.07 bits per heavy atom. The number of aliphatic carboxylic acids is 1. The minimum atomic E-state index is -1.22. The molecule has 0 saturated carbocycles. The Balaban J connectivity index is 2.87. The monoisotopic (exact) mass is 227 g/mol. The zero-order valence-corrected chi connectivity index (χ0v) is 8.53. The first-order valence-electron chi connectivity index (χ1n) is 3.90. The van der Waals surface area contributed by atoms with E-state index >= 15 is 0 Å². The number of oxime groups is 1. The smallest absolute Gasteiger partial charge is 0.360 e. The molecule has 0 unspecified atom stereocenters. The van der Waals surface area contributed by atoms with Crippen LogP contribution in [0.2, 0.25) is 0 Å². The quantitative estimate of drug-likeness (QED) is 0.334. The number of nitrogen functional groups attached to an aromatic ring is 1. The zero-order valence-electron chi connectivity index (χ0n) is 7.71. The first kappa shape index (κ1) is 11.2. The third-order valence-electron chi connectivity index (χ3n) is 1.32. The van der Waals surface area contributed by atoms with Gasteiger partial charge in [0.25, 0.3) is 0 Å². The highest BCUT2D eigenvalue weighted by molar-refractivity contribution is 7.13. The highest BCUT2D eigenvalue weighted by atomic mass is 32.1. The van der Waals surface area contributed by atoms with E-state index in [-0.39, 0.29) is 23.1 Å². The maximum absolute atomic E-state index is 10.8. The number of anilines is 1. The summed E-state index contributed by atoms with van der Waals surface area (Å²) in [5.41, 5.74) is 5.29. The van der Waals surface area contributed by atoms with Crippen molar-refractivity contribution in [2.24, 2.45) is 5.16 Å². The zero-order chi connectivity index (χ0) is 11.3. The topological polar surface area (TPSA) is 97.8 Å². The van der Waals surface area contributed by atoms with Gasteiger partial charge in [0.1, 0.15) is 12.3 Å². The van der Waals surface area contributed by atoms with Crippen LogP contribution in [0.1, 0.15) is 5.69 Å². The van der Waals surface area contributed by atoms with Gasteiger partial charge in [0, 0.05) is 5.38 Å². The van der Waals surface area contributed by atoms with E-state index in [0.717, 1.165) is 11.3 Å². The summed E-state index contributed by atoms with van der Waals surface area (Å²) in [6.45, 7) is 3.54. The summed E-state index contributed by atoms with van der Waals surface area (Å²) in [5.74, 6) is -1.22. The molecule has 0 amide bonds. The summed E-state index contributed by atoms with van der Waals surface area (Å²) >= 11 is 1.14. The van der Waals surface area contributed by atoms with Crippen LogP contribution in [-0.2, 0) is 9.63 Å². The molecule has 7 heteroatoms. The molecule has 0 aliphatic rings. The van der Waals surface area contributed by atoms with Gasteiger partial charge in [0.05, 0.1) is 0 Å². The molecule has 0 saturated heterocycles. The van der Waals surface area contributed by atoms with Crippen molar-refractivity contribution in [3.63, 3.8) is 0 Å². The number of carbonyl (C=O) groups is 1. The Morgan fingerprint density at radius 2 is 2.60 bits per heavy atom. The molecule has 0 aliphatic carbocycles. The van der Waals surface area contributed by atoms with E-state index in [0.29, 0.717) is 0 Å². The summed E-state index contributed by atoms with van der Waals surface area (Å²) in [4.78, 5) is 19.3. The van der Waals surface area contributed by atoms with Gasteiger partial charge in [0.15, 0.2) is 5.13 Å². The molecule has 1 aromatic rings. The molecule has 1 aromatic heterocycles. The number of carboxylic acids is 1. The number of nitrogens with zero attached hydrogens (tertiary/aromatic N) is 2. The second kappa shape index (κ2) is 5.11. The average Bonchev–Trinajstić information content (AvgIpc) is 2.59. The summed E-state index contributed by atoms with van der Waals surface area (Å²) in [7, 11) is 0. The Kier molecular flexibility index (Phi) is 3.81. The Hall–Kier alpha value is -1.89. The first-order chi connectivity index (χ1) is 7.15. The number of aromatic nitrogens is 1. The highest BCUT2D eigenvalue weighted by Gasteiger charge is 2.16. The van der Waals surface area contributed by atoms with Crippen LogP contribution in [0.15, 0.2) is 23.2 Å². The van der Waals surface area contributed by atoms with Crippen LogP contribution in [0.3, 0.4) is 0 Å². The van der Waals surface area contributed by atoms with Crippen LogP contribution in [0.25, 0.3) is 0 Å². The molecule has 6 nitrogen and oxygen atoms in total. The summed E-state index contributed by atoms with van der Waals surface area (Å²) < 4.78 is 0. The van der Waals surface area contributed by atoms with E-state index in [2.05, 4.69) is 21.6 Å². The van der Waals surface area contributed by atoms with E-state index in [9.17, 15) is 4.79 Å². The molecule has 0 aliphatic heterocycles. The lowest BCUT2D eigenvalue weighted by Crippen LogP contribution is -2.15. The van der Waals surface area contributed by atoms with Gasteiger partial charge in [-0.3, -0.25) is 0 Å². The first-order valence-corrected chi connectivity index (χ1v) is 4.78. The molecular weight excluding hydrogens is 218 g/mol. The maximum Gasteiger partial charge on any atom is 0.360 e. The fourth-order valence-corrected chi connectivity index (χ4v) is 1.29. The fourth-order valence-electron chi connectivity index (χ4n) is 0.746. The van der Waals surface area contributed by atoms with Gasteiger partial charge in [-0.25, -0.2) is 9.78 Å². The van der Waals surface area contributed by atoms with E-state index in [4.69, 9.17) is 10.8 Å². The normalized spacial score (nSPS) is 11.1. The number of nitrogens with two attached hydrogens (primary N) is 1. The van der Waals surface area contributed by atoms with E-state index in [1.54, 1.807) is 0 Å². The molecule has 0 fully saturated rings. The molecule has 0 aromatic carbocycles. The van der Waals surface area contributed by atoms with Gasteiger partial charge < -0.3 is 15.7 Å². The standard InChI is InChI=1S/C8H9N3O3S/c1-2-3-14-11-6(7(12)13)5-4-15-8(9)10-5/h2,4H,1,3H2,(H2,9,10)(H,12,13)/b11-6-. The molecule has 0 spiro atoms. The lowest BCUT2D eigenvalue weighted by Gasteiger charge is -1.97. The van der Waals surface area contributed by atoms with Crippen molar-refractivity contribution in [3.05, 3.63) is 23.7 Å². The Bertz CT molecular complexity index is 400. The average molecular weight is 227 g/mol. The van der Waals surface area contributed by atoms with E-state index < -0.39 is 5.97 Å². The van der Waals surface area contributed by atoms with Crippen LogP contribution in [0.5, 0.6) is 0 Å². The molecule has 3 N–H and O–H groups in total. The predicted molar refractivity (Wildman–Crippen MR) is 56.8 cm³/mol. The minimum absolute atomic E-state index is 0.135. The molecule has 15 heavy (non-hydrogen) atoms. The number of rotatable bonds is 5. The van der Waals surface area contributed by atoms with Gasteiger partial charge in [-0.2, -0.15) is 0 Å². The Labute approximate surface area is 89.7 Å². The molecular formula is C8H9N3O3S. The second-order valence-corrected chi connectivity index (χ2v) is 3.29. The summed E-state index contributed by atoms with van der Waals surface area (Å²) in [6, 6.07) is 0. The van der Waals surface area contributed by atoms with Gasteiger partial charge >= 0.3 is 5.97 Å². The van der Waals surface area contributed by atoms with Crippen molar-refractivity contribution in [1.82, 2.24) is 4.98 Å². The lowest BCUT2D eigenvalue weighted by atomic mass is 10.3. The molecule has 0 atom stereocenters. The molecule has 1 heterocycles. The van der Waals surface area contributed by atoms with Crippen molar-refractivity contribution < 1.29 is 14.7 Å². The van der Waals surface area contributed by atoms with Crippen LogP contribution >= 0.6 is 11.3 Å². The second-order valence-electron chi connectivity index (χ2n) is 2.40. The van der Waals surface area contributed by atoms with Crippen molar-refractivity contribution in [1.29, 1.82) is 0 Å².